The number of aliphatic hydroxyl groups excluding tert-OH is 4. The topological polar surface area (TPSA) is 170 Å². The number of rotatable bonds is 12. The minimum Gasteiger partial charge on any atom is -0.465 e. The van der Waals surface area contributed by atoms with Crippen LogP contribution in [-0.4, -0.2) is 114 Å². The van der Waals surface area contributed by atoms with Gasteiger partial charge in [0.2, 0.25) is 0 Å². The second-order valence-corrected chi connectivity index (χ2v) is 14.7. The van der Waals surface area contributed by atoms with Crippen molar-refractivity contribution in [3.8, 4) is 0 Å². The van der Waals surface area contributed by atoms with E-state index in [0.29, 0.717) is 12.2 Å². The Kier molecular flexibility index (Phi) is 12.4. The van der Waals surface area contributed by atoms with Crippen LogP contribution in [-0.2, 0) is 38.0 Å². The average molecular weight is 681 g/mol. The lowest BCUT2D eigenvalue weighted by Gasteiger charge is -2.47. The van der Waals surface area contributed by atoms with Crippen molar-refractivity contribution in [2.24, 2.45) is 29.1 Å². The predicted molar refractivity (Wildman–Crippen MR) is 174 cm³/mol. The van der Waals surface area contributed by atoms with Gasteiger partial charge in [-0.2, -0.15) is 0 Å². The van der Waals surface area contributed by atoms with Gasteiger partial charge in [-0.25, -0.2) is 0 Å². The molecule has 4 aliphatic rings. The van der Waals surface area contributed by atoms with E-state index in [1.807, 2.05) is 20.8 Å². The molecular formula is C36H56O12. The van der Waals surface area contributed by atoms with E-state index in [9.17, 15) is 30.0 Å². The summed E-state index contributed by atoms with van der Waals surface area (Å²) in [6, 6.07) is 0. The fraction of sp³-hybridized carbons (Fsp3) is 0.778. The van der Waals surface area contributed by atoms with Crippen LogP contribution in [0.25, 0.3) is 0 Å². The maximum atomic E-state index is 12.3. The Morgan fingerprint density at radius 3 is 2.40 bits per heavy atom. The van der Waals surface area contributed by atoms with Crippen molar-refractivity contribution in [1.29, 1.82) is 0 Å². The lowest BCUT2D eigenvalue weighted by atomic mass is 9.68. The number of fused-ring (bicyclic) bond motifs is 2. The van der Waals surface area contributed by atoms with Gasteiger partial charge >= 0.3 is 11.9 Å². The number of hydrogen-bond donors (Lipinski definition) is 4. The number of ether oxygens (including phenoxy) is 6. The van der Waals surface area contributed by atoms with Crippen LogP contribution < -0.4 is 0 Å². The smallest absolute Gasteiger partial charge is 0.303 e. The number of carbonyl (C=O) groups is 2. The molecule has 0 radical (unpaired) electrons. The van der Waals surface area contributed by atoms with Crippen molar-refractivity contribution in [3.63, 3.8) is 0 Å². The van der Waals surface area contributed by atoms with Gasteiger partial charge in [-0.3, -0.25) is 9.59 Å². The van der Waals surface area contributed by atoms with E-state index in [4.69, 9.17) is 28.4 Å². The normalized spacial score (nSPS) is 40.2. The third kappa shape index (κ3) is 7.91. The van der Waals surface area contributed by atoms with Gasteiger partial charge in [0.05, 0.1) is 37.6 Å². The zero-order chi connectivity index (χ0) is 35.7. The Bertz CT molecular complexity index is 1240. The van der Waals surface area contributed by atoms with Crippen molar-refractivity contribution in [3.05, 3.63) is 35.5 Å². The van der Waals surface area contributed by atoms with E-state index < -0.39 is 72.0 Å². The summed E-state index contributed by atoms with van der Waals surface area (Å²) in [7, 11) is 1.66. The van der Waals surface area contributed by atoms with Crippen LogP contribution in [0.2, 0.25) is 0 Å². The first-order valence-electron chi connectivity index (χ1n) is 17.0. The highest BCUT2D eigenvalue weighted by atomic mass is 16.7. The molecule has 13 atom stereocenters. The minimum atomic E-state index is -1.63. The summed E-state index contributed by atoms with van der Waals surface area (Å²) >= 11 is 0. The monoisotopic (exact) mass is 680 g/mol. The molecular weight excluding hydrogens is 624 g/mol. The summed E-state index contributed by atoms with van der Waals surface area (Å²) in [5.74, 6) is -1.70. The SMILES string of the molecule is C=CC(C)(C)OC[C@H]1O[C@H](O[C@@H]2C3=C(C(C)COC(C)=O)C[C@H](O)[C@]3(C)/C=C3/[C@@H](COC)CC[C@H]3[C@@H](C)[C@H]2O)[C@H](O)[C@@H](OC(C)=O)[C@@H]1O. The molecule has 4 rings (SSSR count). The van der Waals surface area contributed by atoms with Crippen LogP contribution >= 0.6 is 0 Å². The molecule has 1 unspecified atom stereocenters. The van der Waals surface area contributed by atoms with Gasteiger partial charge in [0.25, 0.3) is 0 Å². The Morgan fingerprint density at radius 1 is 1.10 bits per heavy atom. The number of esters is 2. The molecule has 0 aromatic carbocycles. The van der Waals surface area contributed by atoms with Crippen molar-refractivity contribution < 1.29 is 58.4 Å². The average Bonchev–Trinajstić information content (AvgIpc) is 3.52. The molecule has 4 N–H and O–H groups in total. The summed E-state index contributed by atoms with van der Waals surface area (Å²) in [5.41, 5.74) is 0.746. The molecule has 1 heterocycles. The van der Waals surface area contributed by atoms with E-state index in [-0.39, 0.29) is 43.3 Å². The zero-order valence-corrected chi connectivity index (χ0v) is 29.6. The van der Waals surface area contributed by atoms with Crippen LogP contribution in [0.5, 0.6) is 0 Å². The fourth-order valence-electron chi connectivity index (χ4n) is 7.88. The standard InChI is InChI=1S/C36H56O12/c1-10-35(6,7)45-17-26-30(41)33(46-21(5)38)31(42)34(47-26)48-32-28-24(18(2)15-44-20(4)37)13-27(39)36(28,8)14-25-22(16-43-9)11-12-23(25)19(3)29(32)40/h10,14,18-19,22-23,26-27,29-34,39-42H,1,11-13,15-17H2,2-9H3/b25-14-/t18?,19-,22-,23+,26-,27+,29-,30-,31-,32-,33+,34-,36+/m1/s1. The Hall–Kier alpha value is -2.16. The molecule has 1 saturated carbocycles. The summed E-state index contributed by atoms with van der Waals surface area (Å²) < 4.78 is 35.1. The van der Waals surface area contributed by atoms with Gasteiger partial charge in [0.15, 0.2) is 12.4 Å². The molecule has 12 heteroatoms. The van der Waals surface area contributed by atoms with Gasteiger partial charge in [-0.05, 0) is 57.4 Å². The lowest BCUT2D eigenvalue weighted by molar-refractivity contribution is -0.320. The number of methoxy groups -OCH3 is 1. The van der Waals surface area contributed by atoms with E-state index in [1.165, 1.54) is 13.8 Å². The molecule has 1 saturated heterocycles. The van der Waals surface area contributed by atoms with Crippen LogP contribution in [0, 0.1) is 29.1 Å². The molecule has 0 aromatic rings. The maximum Gasteiger partial charge on any atom is 0.303 e. The second kappa shape index (κ2) is 15.4. The number of hydrogen-bond acceptors (Lipinski definition) is 12. The van der Waals surface area contributed by atoms with Crippen molar-refractivity contribution in [1.82, 2.24) is 0 Å². The maximum absolute atomic E-state index is 12.3. The van der Waals surface area contributed by atoms with Gasteiger partial charge in [-0.1, -0.05) is 37.1 Å². The molecule has 48 heavy (non-hydrogen) atoms. The van der Waals surface area contributed by atoms with Gasteiger partial charge < -0.3 is 48.8 Å². The third-order valence-electron chi connectivity index (χ3n) is 10.8. The zero-order valence-electron chi connectivity index (χ0n) is 29.6. The molecule has 272 valence electrons. The molecule has 3 aliphatic carbocycles. The van der Waals surface area contributed by atoms with Gasteiger partial charge in [0.1, 0.15) is 24.4 Å². The van der Waals surface area contributed by atoms with Crippen LogP contribution in [0.3, 0.4) is 0 Å². The number of aliphatic hydroxyl groups is 4. The van der Waals surface area contributed by atoms with E-state index in [1.54, 1.807) is 27.0 Å². The van der Waals surface area contributed by atoms with Crippen LogP contribution in [0.1, 0.15) is 67.7 Å². The largest absolute Gasteiger partial charge is 0.465 e. The highest BCUT2D eigenvalue weighted by Crippen LogP contribution is 2.56. The third-order valence-corrected chi connectivity index (χ3v) is 10.8. The summed E-state index contributed by atoms with van der Waals surface area (Å²) in [6.07, 6.45) is -4.54. The minimum absolute atomic E-state index is 0.0190. The Morgan fingerprint density at radius 2 is 1.79 bits per heavy atom. The first-order valence-corrected chi connectivity index (χ1v) is 17.0. The molecule has 0 spiro atoms. The lowest BCUT2D eigenvalue weighted by Crippen LogP contribution is -2.62. The first-order chi connectivity index (χ1) is 22.4. The molecule has 0 bridgehead atoms. The van der Waals surface area contributed by atoms with Gasteiger partial charge in [-0.15, -0.1) is 6.58 Å². The quantitative estimate of drug-likeness (QED) is 0.176. The molecule has 0 amide bonds. The highest BCUT2D eigenvalue weighted by Gasteiger charge is 2.56. The van der Waals surface area contributed by atoms with E-state index >= 15 is 0 Å². The Labute approximate surface area is 284 Å². The molecule has 2 fully saturated rings. The Balaban J connectivity index is 1.82. The molecule has 1 aliphatic heterocycles. The van der Waals surface area contributed by atoms with Crippen LogP contribution in [0.15, 0.2) is 35.5 Å². The fourth-order valence-corrected chi connectivity index (χ4v) is 7.88. The number of carbonyl (C=O) groups excluding carboxylic acids is 2. The van der Waals surface area contributed by atoms with E-state index in [2.05, 4.69) is 12.7 Å². The predicted octanol–water partition coefficient (Wildman–Crippen LogP) is 2.61. The summed E-state index contributed by atoms with van der Waals surface area (Å²) in [6.45, 7) is 16.0. The summed E-state index contributed by atoms with van der Waals surface area (Å²) in [4.78, 5) is 23.8. The second-order valence-electron chi connectivity index (χ2n) is 14.7. The first kappa shape index (κ1) is 38.6. The van der Waals surface area contributed by atoms with Gasteiger partial charge in [0, 0.05) is 38.2 Å². The molecule has 0 aromatic heterocycles. The van der Waals surface area contributed by atoms with Crippen LogP contribution in [0.4, 0.5) is 0 Å². The van der Waals surface area contributed by atoms with Crippen molar-refractivity contribution >= 4 is 11.9 Å². The van der Waals surface area contributed by atoms with E-state index in [0.717, 1.165) is 24.0 Å². The molecule has 12 nitrogen and oxygen atoms in total. The van der Waals surface area contributed by atoms with Crippen molar-refractivity contribution in [2.75, 3.05) is 26.9 Å². The summed E-state index contributed by atoms with van der Waals surface area (Å²) in [5, 5.41) is 46.7. The highest BCUT2D eigenvalue weighted by molar-refractivity contribution is 5.66. The van der Waals surface area contributed by atoms with Crippen molar-refractivity contribution in [2.45, 2.75) is 122 Å².